The van der Waals surface area contributed by atoms with E-state index in [9.17, 15) is 0 Å². The highest BCUT2D eigenvalue weighted by Crippen LogP contribution is 2.32. The van der Waals surface area contributed by atoms with Crippen LogP contribution in [0.2, 0.25) is 0 Å². The molecule has 0 unspecified atom stereocenters. The summed E-state index contributed by atoms with van der Waals surface area (Å²) in [7, 11) is 2.15. The predicted molar refractivity (Wildman–Crippen MR) is 79.9 cm³/mol. The minimum absolute atomic E-state index is 1.08. The van der Waals surface area contributed by atoms with E-state index >= 15 is 0 Å². The van der Waals surface area contributed by atoms with Gasteiger partial charge in [-0.05, 0) is 47.6 Å². The summed E-state index contributed by atoms with van der Waals surface area (Å²) in [6, 6.07) is 8.59. The van der Waals surface area contributed by atoms with Crippen molar-refractivity contribution in [1.29, 1.82) is 0 Å². The van der Waals surface area contributed by atoms with Crippen LogP contribution in [0.4, 0.5) is 0 Å². The first-order chi connectivity index (χ1) is 7.66. The van der Waals surface area contributed by atoms with Gasteiger partial charge in [0.15, 0.2) is 0 Å². The number of nitrogens with zero attached hydrogens (tertiary/aromatic N) is 1. The van der Waals surface area contributed by atoms with Crippen LogP contribution in [0.3, 0.4) is 0 Å². The second-order valence-electron chi connectivity index (χ2n) is 4.01. The van der Waals surface area contributed by atoms with Gasteiger partial charge < -0.3 is 4.57 Å². The lowest BCUT2D eigenvalue weighted by Gasteiger charge is -2.04. The molecular weight excluding hydrogens is 309 g/mol. The molecule has 0 aliphatic rings. The van der Waals surface area contributed by atoms with E-state index < -0.39 is 0 Å². The molecule has 2 heteroatoms. The fraction of sp³-hybridized carbons (Fsp3) is 0.286. The van der Waals surface area contributed by atoms with Gasteiger partial charge in [-0.3, -0.25) is 0 Å². The molecule has 0 spiro atoms. The van der Waals surface area contributed by atoms with Crippen molar-refractivity contribution in [3.63, 3.8) is 0 Å². The van der Waals surface area contributed by atoms with Gasteiger partial charge >= 0.3 is 0 Å². The zero-order valence-electron chi connectivity index (χ0n) is 9.92. The van der Waals surface area contributed by atoms with E-state index in [1.54, 1.807) is 0 Å². The number of allylic oxidation sites excluding steroid dienone is 1. The number of hydrogen-bond donors (Lipinski definition) is 0. The van der Waals surface area contributed by atoms with Gasteiger partial charge in [-0.1, -0.05) is 31.2 Å². The number of aryl methyl sites for hydroxylation is 2. The van der Waals surface area contributed by atoms with Gasteiger partial charge in [-0.25, -0.2) is 0 Å². The van der Waals surface area contributed by atoms with Gasteiger partial charge in [-0.15, -0.1) is 0 Å². The highest BCUT2D eigenvalue weighted by atomic mass is 127. The average molecular weight is 325 g/mol. The Morgan fingerprint density at radius 3 is 2.69 bits per heavy atom. The normalized spacial score (nSPS) is 12.4. The van der Waals surface area contributed by atoms with Gasteiger partial charge in [0.05, 0.1) is 5.69 Å². The number of fused-ring (bicyclic) bond motifs is 1. The first-order valence-electron chi connectivity index (χ1n) is 5.56. The van der Waals surface area contributed by atoms with E-state index in [2.05, 4.69) is 78.4 Å². The van der Waals surface area contributed by atoms with Crippen LogP contribution in [0.1, 0.15) is 24.6 Å². The largest absolute Gasteiger partial charge is 0.343 e. The van der Waals surface area contributed by atoms with Crippen molar-refractivity contribution >= 4 is 37.1 Å². The summed E-state index contributed by atoms with van der Waals surface area (Å²) in [6.45, 7) is 4.39. The first kappa shape index (κ1) is 11.7. The van der Waals surface area contributed by atoms with Crippen molar-refractivity contribution in [1.82, 2.24) is 4.57 Å². The summed E-state index contributed by atoms with van der Waals surface area (Å²) in [5.74, 6) is 0. The third-order valence-corrected chi connectivity index (χ3v) is 3.92. The summed E-state index contributed by atoms with van der Waals surface area (Å²) < 4.78 is 3.63. The highest BCUT2D eigenvalue weighted by molar-refractivity contribution is 14.1. The topological polar surface area (TPSA) is 4.93 Å². The maximum absolute atomic E-state index is 2.43. The molecule has 2 aromatic rings. The smallest absolute Gasteiger partial charge is 0.0577 e. The average Bonchev–Trinajstić information content (AvgIpc) is 2.53. The minimum Gasteiger partial charge on any atom is -0.343 e. The molecule has 0 aliphatic heterocycles. The monoisotopic (exact) mass is 325 g/mol. The van der Waals surface area contributed by atoms with E-state index in [-0.39, 0.29) is 0 Å². The third-order valence-electron chi connectivity index (χ3n) is 2.97. The van der Waals surface area contributed by atoms with Crippen molar-refractivity contribution in [3.8, 4) is 0 Å². The molecule has 84 valence electrons. The Balaban J connectivity index is 2.76. The molecule has 0 atom stereocenters. The first-order valence-corrected chi connectivity index (χ1v) is 6.64. The van der Waals surface area contributed by atoms with Crippen molar-refractivity contribution in [2.75, 3.05) is 0 Å². The van der Waals surface area contributed by atoms with Crippen LogP contribution in [0.5, 0.6) is 0 Å². The molecule has 0 fully saturated rings. The van der Waals surface area contributed by atoms with E-state index in [1.165, 1.54) is 25.7 Å². The van der Waals surface area contributed by atoms with Crippen LogP contribution in [0.15, 0.2) is 30.3 Å². The van der Waals surface area contributed by atoms with Gasteiger partial charge in [0.25, 0.3) is 0 Å². The Morgan fingerprint density at radius 1 is 1.38 bits per heavy atom. The molecule has 0 saturated carbocycles. The number of benzene rings is 1. The van der Waals surface area contributed by atoms with E-state index in [4.69, 9.17) is 0 Å². The lowest BCUT2D eigenvalue weighted by atomic mass is 10.1. The molecule has 0 N–H and O–H groups in total. The lowest BCUT2D eigenvalue weighted by molar-refractivity contribution is 0.947. The van der Waals surface area contributed by atoms with Crippen LogP contribution in [-0.2, 0) is 7.05 Å². The molecule has 0 bridgehead atoms. The molecule has 16 heavy (non-hydrogen) atoms. The Labute approximate surface area is 110 Å². The molecular formula is C14H16IN. The van der Waals surface area contributed by atoms with E-state index in [0.717, 1.165) is 6.42 Å². The SMILES string of the molecule is CC/C=C(\I)c1c(C)c2ccccc2n1C. The molecule has 0 amide bonds. The molecule has 0 saturated heterocycles. The van der Waals surface area contributed by atoms with Gasteiger partial charge in [0.2, 0.25) is 0 Å². The van der Waals surface area contributed by atoms with E-state index in [0.29, 0.717) is 0 Å². The van der Waals surface area contributed by atoms with Gasteiger partial charge in [0.1, 0.15) is 0 Å². The zero-order chi connectivity index (χ0) is 11.7. The fourth-order valence-corrected chi connectivity index (χ4v) is 3.40. The van der Waals surface area contributed by atoms with Crippen molar-refractivity contribution in [2.45, 2.75) is 20.3 Å². The number of hydrogen-bond acceptors (Lipinski definition) is 0. The summed E-state index contributed by atoms with van der Waals surface area (Å²) in [5.41, 5.74) is 4.05. The molecule has 1 heterocycles. The second kappa shape index (κ2) is 4.62. The van der Waals surface area contributed by atoms with Crippen LogP contribution in [-0.4, -0.2) is 4.57 Å². The second-order valence-corrected chi connectivity index (χ2v) is 5.17. The van der Waals surface area contributed by atoms with Crippen molar-refractivity contribution < 1.29 is 0 Å². The predicted octanol–water partition coefficient (Wildman–Crippen LogP) is 4.67. The Morgan fingerprint density at radius 2 is 2.06 bits per heavy atom. The Kier molecular flexibility index (Phi) is 3.38. The number of para-hydroxylation sites is 1. The number of halogens is 1. The Hall–Kier alpha value is -0.770. The minimum atomic E-state index is 1.08. The zero-order valence-corrected chi connectivity index (χ0v) is 12.1. The highest BCUT2D eigenvalue weighted by Gasteiger charge is 2.12. The summed E-state index contributed by atoms with van der Waals surface area (Å²) in [6.07, 6.45) is 3.36. The maximum atomic E-state index is 2.43. The lowest BCUT2D eigenvalue weighted by Crippen LogP contribution is -1.93. The quantitative estimate of drug-likeness (QED) is 0.707. The summed E-state index contributed by atoms with van der Waals surface area (Å²) in [4.78, 5) is 0. The molecule has 1 aromatic heterocycles. The van der Waals surface area contributed by atoms with Crippen molar-refractivity contribution in [3.05, 3.63) is 41.6 Å². The molecule has 0 radical (unpaired) electrons. The summed E-state index contributed by atoms with van der Waals surface area (Å²) >= 11 is 2.43. The number of rotatable bonds is 2. The van der Waals surface area contributed by atoms with Crippen LogP contribution < -0.4 is 0 Å². The summed E-state index contributed by atoms with van der Waals surface area (Å²) in [5, 5.41) is 1.36. The van der Waals surface area contributed by atoms with Crippen molar-refractivity contribution in [2.24, 2.45) is 7.05 Å². The van der Waals surface area contributed by atoms with Gasteiger partial charge in [0, 0.05) is 21.5 Å². The van der Waals surface area contributed by atoms with E-state index in [1.807, 2.05) is 0 Å². The molecule has 1 nitrogen and oxygen atoms in total. The van der Waals surface area contributed by atoms with Crippen LogP contribution in [0, 0.1) is 6.92 Å². The molecule has 2 rings (SSSR count). The standard InChI is InChI=1S/C14H16IN/c1-4-7-12(15)14-10(2)11-8-5-6-9-13(11)16(14)3/h5-9H,4H2,1-3H3/b12-7-. The molecule has 0 aliphatic carbocycles. The Bertz CT molecular complexity index is 510. The third kappa shape index (κ3) is 1.79. The number of aromatic nitrogens is 1. The molecule has 1 aromatic carbocycles. The van der Waals surface area contributed by atoms with Crippen LogP contribution >= 0.6 is 22.6 Å². The fourth-order valence-electron chi connectivity index (χ4n) is 2.20. The maximum Gasteiger partial charge on any atom is 0.0577 e. The van der Waals surface area contributed by atoms with Crippen LogP contribution in [0.25, 0.3) is 14.5 Å². The van der Waals surface area contributed by atoms with Gasteiger partial charge in [-0.2, -0.15) is 0 Å².